The van der Waals surface area contributed by atoms with Crippen LogP contribution in [0.25, 0.3) is 77.2 Å². The quantitative estimate of drug-likeness (QED) is 0.168. The van der Waals surface area contributed by atoms with Crippen molar-refractivity contribution in [3.05, 3.63) is 218 Å². The Morgan fingerprint density at radius 3 is 1.85 bits per heavy atom. The standard InChI is InChI=1S/C56H40N4/c1-56(2)48-23-11-9-19-43(48)45-22-14-26-53(55(45)56)58(41-31-32-50-46(35-41)44-20-10-12-24-49(44)59(50)38-15-5-3-6-16-38)40-29-27-37(28-30-40)42-21-13-25-52-54(42)47-36-57-34-33-51(47)60(52)39-17-7-4-8-18-39/h3-36H,1-2H3. The largest absolute Gasteiger partial charge is 0.310 e. The van der Waals surface area contributed by atoms with E-state index < -0.39 is 0 Å². The molecule has 0 unspecified atom stereocenters. The number of aromatic nitrogens is 3. The van der Waals surface area contributed by atoms with Gasteiger partial charge in [0.1, 0.15) is 0 Å². The first-order valence-electron chi connectivity index (χ1n) is 20.7. The summed E-state index contributed by atoms with van der Waals surface area (Å²) in [6.45, 7) is 4.75. The molecule has 4 nitrogen and oxygen atoms in total. The van der Waals surface area contributed by atoms with Crippen LogP contribution in [0.1, 0.15) is 25.0 Å². The van der Waals surface area contributed by atoms with Gasteiger partial charge in [0, 0.05) is 62.1 Å². The third-order valence-corrected chi connectivity index (χ3v) is 12.8. The Morgan fingerprint density at radius 1 is 0.450 bits per heavy atom. The first-order valence-corrected chi connectivity index (χ1v) is 20.7. The van der Waals surface area contributed by atoms with Crippen molar-refractivity contribution in [1.82, 2.24) is 14.1 Å². The summed E-state index contributed by atoms with van der Waals surface area (Å²) in [7, 11) is 0. The van der Waals surface area contributed by atoms with Crippen molar-refractivity contribution >= 4 is 60.7 Å². The lowest BCUT2D eigenvalue weighted by Gasteiger charge is -2.32. The highest BCUT2D eigenvalue weighted by Gasteiger charge is 2.38. The third kappa shape index (κ3) is 5.01. The zero-order valence-corrected chi connectivity index (χ0v) is 33.4. The van der Waals surface area contributed by atoms with Gasteiger partial charge >= 0.3 is 0 Å². The van der Waals surface area contributed by atoms with Crippen molar-refractivity contribution in [2.45, 2.75) is 19.3 Å². The molecule has 0 radical (unpaired) electrons. The number of benzene rings is 8. The van der Waals surface area contributed by atoms with E-state index in [9.17, 15) is 0 Å². The maximum Gasteiger partial charge on any atom is 0.0572 e. The predicted octanol–water partition coefficient (Wildman–Crippen LogP) is 14.7. The van der Waals surface area contributed by atoms with E-state index in [0.29, 0.717) is 0 Å². The zero-order valence-electron chi connectivity index (χ0n) is 33.4. The number of hydrogen-bond donors (Lipinski definition) is 0. The molecule has 0 amide bonds. The molecule has 4 heteroatoms. The Bertz CT molecular complexity index is 3450. The summed E-state index contributed by atoms with van der Waals surface area (Å²) >= 11 is 0. The molecule has 0 atom stereocenters. The Labute approximate surface area is 348 Å². The monoisotopic (exact) mass is 768 g/mol. The van der Waals surface area contributed by atoms with E-state index in [0.717, 1.165) is 44.7 Å². The van der Waals surface area contributed by atoms with Crippen LogP contribution in [0.2, 0.25) is 0 Å². The maximum atomic E-state index is 4.60. The number of rotatable bonds is 6. The Kier molecular flexibility index (Phi) is 7.54. The van der Waals surface area contributed by atoms with E-state index in [1.54, 1.807) is 0 Å². The van der Waals surface area contributed by atoms with Crippen LogP contribution in [0.3, 0.4) is 0 Å². The van der Waals surface area contributed by atoms with Gasteiger partial charge in [-0.05, 0) is 112 Å². The maximum absolute atomic E-state index is 4.60. The molecular formula is C56H40N4. The molecule has 3 heterocycles. The van der Waals surface area contributed by atoms with Gasteiger partial charge in [-0.25, -0.2) is 0 Å². The fraction of sp³-hybridized carbons (Fsp3) is 0.0536. The summed E-state index contributed by atoms with van der Waals surface area (Å²) in [5.74, 6) is 0. The van der Waals surface area contributed by atoms with Crippen LogP contribution >= 0.6 is 0 Å². The minimum absolute atomic E-state index is 0.204. The van der Waals surface area contributed by atoms with Crippen LogP contribution in [0.15, 0.2) is 207 Å². The second-order valence-electron chi connectivity index (χ2n) is 16.4. The Balaban J connectivity index is 1.07. The van der Waals surface area contributed by atoms with Crippen molar-refractivity contribution in [3.63, 3.8) is 0 Å². The highest BCUT2D eigenvalue weighted by Crippen LogP contribution is 2.54. The van der Waals surface area contributed by atoms with Gasteiger partial charge in [-0.2, -0.15) is 0 Å². The molecule has 284 valence electrons. The summed E-state index contributed by atoms with van der Waals surface area (Å²) in [4.78, 5) is 7.08. The molecule has 12 rings (SSSR count). The molecule has 0 N–H and O–H groups in total. The van der Waals surface area contributed by atoms with Crippen LogP contribution in [0, 0.1) is 0 Å². The zero-order chi connectivity index (χ0) is 40.0. The van der Waals surface area contributed by atoms with Crippen LogP contribution < -0.4 is 4.90 Å². The van der Waals surface area contributed by atoms with E-state index in [1.807, 2.05) is 12.4 Å². The number of fused-ring (bicyclic) bond motifs is 9. The summed E-state index contributed by atoms with van der Waals surface area (Å²) in [5.41, 5.74) is 17.8. The fourth-order valence-electron chi connectivity index (χ4n) is 10.2. The van der Waals surface area contributed by atoms with Crippen molar-refractivity contribution < 1.29 is 0 Å². The Hall–Kier alpha value is -7.69. The summed E-state index contributed by atoms with van der Waals surface area (Å²) < 4.78 is 4.74. The van der Waals surface area contributed by atoms with Crippen LogP contribution in [0.4, 0.5) is 17.1 Å². The molecule has 0 fully saturated rings. The van der Waals surface area contributed by atoms with E-state index in [4.69, 9.17) is 0 Å². The fourth-order valence-corrected chi connectivity index (χ4v) is 10.2. The number of anilines is 3. The molecule has 1 aliphatic carbocycles. The third-order valence-electron chi connectivity index (χ3n) is 12.8. The molecule has 0 saturated carbocycles. The second kappa shape index (κ2) is 13.2. The lowest BCUT2D eigenvalue weighted by molar-refractivity contribution is 0.661. The Morgan fingerprint density at radius 2 is 1.05 bits per heavy atom. The lowest BCUT2D eigenvalue weighted by atomic mass is 9.81. The average Bonchev–Trinajstić information content (AvgIpc) is 3.91. The minimum atomic E-state index is -0.204. The number of hydrogen-bond acceptors (Lipinski definition) is 2. The van der Waals surface area contributed by atoms with Gasteiger partial charge in [0.25, 0.3) is 0 Å². The van der Waals surface area contributed by atoms with Crippen molar-refractivity contribution in [3.8, 4) is 33.6 Å². The second-order valence-corrected chi connectivity index (χ2v) is 16.4. The topological polar surface area (TPSA) is 26.0 Å². The van der Waals surface area contributed by atoms with Crippen LogP contribution in [-0.4, -0.2) is 14.1 Å². The summed E-state index contributed by atoms with van der Waals surface area (Å²) in [6, 6.07) is 70.8. The first-order chi connectivity index (χ1) is 29.6. The number of pyridine rings is 1. The van der Waals surface area contributed by atoms with Crippen LogP contribution in [0.5, 0.6) is 0 Å². The predicted molar refractivity (Wildman–Crippen MR) is 251 cm³/mol. The summed E-state index contributed by atoms with van der Waals surface area (Å²) in [5, 5.41) is 4.80. The lowest BCUT2D eigenvalue weighted by Crippen LogP contribution is -2.20. The van der Waals surface area contributed by atoms with Crippen molar-refractivity contribution in [2.24, 2.45) is 0 Å². The van der Waals surface area contributed by atoms with E-state index in [2.05, 4.69) is 227 Å². The number of para-hydroxylation sites is 3. The SMILES string of the molecule is CC1(C)c2ccccc2-c2cccc(N(c3ccc(-c4cccc5c4c4cnccc4n5-c4ccccc4)cc3)c3ccc4c(c3)c3ccccc3n4-c3ccccc3)c21. The van der Waals surface area contributed by atoms with Gasteiger partial charge in [-0.1, -0.05) is 129 Å². The smallest absolute Gasteiger partial charge is 0.0572 e. The van der Waals surface area contributed by atoms with Gasteiger partial charge < -0.3 is 14.0 Å². The molecule has 8 aromatic carbocycles. The van der Waals surface area contributed by atoms with E-state index >= 15 is 0 Å². The minimum Gasteiger partial charge on any atom is -0.310 e. The van der Waals surface area contributed by atoms with Crippen LogP contribution in [-0.2, 0) is 5.41 Å². The molecular weight excluding hydrogens is 729 g/mol. The molecule has 11 aromatic rings. The average molecular weight is 769 g/mol. The number of nitrogens with zero attached hydrogens (tertiary/aromatic N) is 4. The van der Waals surface area contributed by atoms with Crippen molar-refractivity contribution in [2.75, 3.05) is 4.90 Å². The molecule has 3 aromatic heterocycles. The van der Waals surface area contributed by atoms with E-state index in [1.165, 1.54) is 60.7 Å². The molecule has 0 aliphatic heterocycles. The molecule has 0 saturated heterocycles. The van der Waals surface area contributed by atoms with Gasteiger partial charge in [0.05, 0.1) is 27.8 Å². The first kappa shape index (κ1) is 34.4. The highest BCUT2D eigenvalue weighted by molar-refractivity contribution is 6.16. The van der Waals surface area contributed by atoms with Gasteiger partial charge in [-0.3, -0.25) is 4.98 Å². The summed E-state index contributed by atoms with van der Waals surface area (Å²) in [6.07, 6.45) is 3.90. The van der Waals surface area contributed by atoms with Crippen molar-refractivity contribution in [1.29, 1.82) is 0 Å². The van der Waals surface area contributed by atoms with Gasteiger partial charge in [-0.15, -0.1) is 0 Å². The molecule has 60 heavy (non-hydrogen) atoms. The molecule has 1 aliphatic rings. The molecule has 0 spiro atoms. The molecule has 0 bridgehead atoms. The van der Waals surface area contributed by atoms with E-state index in [-0.39, 0.29) is 5.41 Å². The van der Waals surface area contributed by atoms with Gasteiger partial charge in [0.2, 0.25) is 0 Å². The normalized spacial score (nSPS) is 13.0. The van der Waals surface area contributed by atoms with Gasteiger partial charge in [0.15, 0.2) is 0 Å². The highest BCUT2D eigenvalue weighted by atomic mass is 15.1.